The second-order valence-corrected chi connectivity index (χ2v) is 7.98. The van der Waals surface area contributed by atoms with E-state index >= 15 is 0 Å². The molecule has 2 aliphatic carbocycles. The van der Waals surface area contributed by atoms with E-state index in [4.69, 9.17) is 0 Å². The zero-order valence-electron chi connectivity index (χ0n) is 13.9. The summed E-state index contributed by atoms with van der Waals surface area (Å²) < 4.78 is 0. The molecule has 0 spiro atoms. The molecule has 1 aromatic carbocycles. The van der Waals surface area contributed by atoms with Crippen LogP contribution in [-0.4, -0.2) is 12.3 Å². The van der Waals surface area contributed by atoms with E-state index < -0.39 is 0 Å². The number of allylic oxidation sites excluding steroid dienone is 1. The van der Waals surface area contributed by atoms with Crippen molar-refractivity contribution in [3.63, 3.8) is 0 Å². The van der Waals surface area contributed by atoms with Crippen LogP contribution in [0.3, 0.4) is 0 Å². The number of hydrogen-bond acceptors (Lipinski definition) is 2. The van der Waals surface area contributed by atoms with Crippen molar-refractivity contribution in [1.82, 2.24) is 0 Å². The van der Waals surface area contributed by atoms with E-state index in [1.807, 2.05) is 0 Å². The molecule has 1 heterocycles. The number of Topliss-reactive ketones (excluding diaryl/α,β-unsaturated/α-hetero) is 1. The molecule has 3 aliphatic rings. The summed E-state index contributed by atoms with van der Waals surface area (Å²) >= 11 is 0. The van der Waals surface area contributed by atoms with Gasteiger partial charge in [0.25, 0.3) is 0 Å². The number of aryl methyl sites for hydroxylation is 1. The van der Waals surface area contributed by atoms with Gasteiger partial charge in [0.1, 0.15) is 0 Å². The zero-order valence-corrected chi connectivity index (χ0v) is 13.9. The highest BCUT2D eigenvalue weighted by Gasteiger charge is 2.64. The zero-order chi connectivity index (χ0) is 15.5. The molecule has 22 heavy (non-hydrogen) atoms. The molecule has 0 amide bonds. The summed E-state index contributed by atoms with van der Waals surface area (Å²) in [7, 11) is 0. The molecule has 0 saturated heterocycles. The van der Waals surface area contributed by atoms with Crippen molar-refractivity contribution in [2.75, 3.05) is 11.4 Å². The molecule has 1 aromatic rings. The van der Waals surface area contributed by atoms with Gasteiger partial charge in [-0.3, -0.25) is 4.79 Å². The van der Waals surface area contributed by atoms with Crippen LogP contribution in [-0.2, 0) is 11.2 Å². The molecule has 0 N–H and O–H groups in total. The van der Waals surface area contributed by atoms with E-state index in [1.165, 1.54) is 17.7 Å². The molecule has 2 saturated carbocycles. The fourth-order valence-corrected chi connectivity index (χ4v) is 4.94. The quantitative estimate of drug-likeness (QED) is 0.718. The Hall–Kier alpha value is -1.57. The third-order valence-corrected chi connectivity index (χ3v) is 6.81. The van der Waals surface area contributed by atoms with Crippen molar-refractivity contribution >= 4 is 11.5 Å². The molecule has 0 aromatic heterocycles. The van der Waals surface area contributed by atoms with Gasteiger partial charge in [-0.1, -0.05) is 39.0 Å². The van der Waals surface area contributed by atoms with Crippen LogP contribution in [0.5, 0.6) is 0 Å². The Morgan fingerprint density at radius 3 is 2.73 bits per heavy atom. The molecule has 116 valence electrons. The molecular weight excluding hydrogens is 270 g/mol. The Labute approximate surface area is 133 Å². The van der Waals surface area contributed by atoms with Crippen LogP contribution in [0.1, 0.15) is 45.6 Å². The maximum absolute atomic E-state index is 13.0. The number of benzene rings is 1. The standard InChI is InChI=1S/C20H25NO/c1-19(2)16-10-11-20(19,3)18(22)15(16)13-21-12-6-8-14-7-4-5-9-17(14)21/h4-5,7,9,13,16H,6,8,10-12H2,1-3H3/b15-13+/t16-,20+/m1/s1. The first-order chi connectivity index (χ1) is 10.4. The fourth-order valence-electron chi connectivity index (χ4n) is 4.94. The minimum absolute atomic E-state index is 0.102. The Morgan fingerprint density at radius 1 is 1.23 bits per heavy atom. The second kappa shape index (κ2) is 4.47. The lowest BCUT2D eigenvalue weighted by atomic mass is 9.70. The number of ketones is 1. The van der Waals surface area contributed by atoms with Gasteiger partial charge in [-0.05, 0) is 48.6 Å². The fraction of sp³-hybridized carbons (Fsp3) is 0.550. The van der Waals surface area contributed by atoms with Gasteiger partial charge in [-0.25, -0.2) is 0 Å². The highest BCUT2D eigenvalue weighted by atomic mass is 16.1. The Kier molecular flexibility index (Phi) is 2.85. The van der Waals surface area contributed by atoms with E-state index in [1.54, 1.807) is 0 Å². The lowest BCUT2D eigenvalue weighted by Gasteiger charge is -2.31. The number of hydrogen-bond donors (Lipinski definition) is 0. The van der Waals surface area contributed by atoms with Crippen LogP contribution in [0, 0.1) is 16.7 Å². The minimum Gasteiger partial charge on any atom is -0.347 e. The maximum atomic E-state index is 13.0. The van der Waals surface area contributed by atoms with Gasteiger partial charge in [-0.2, -0.15) is 0 Å². The van der Waals surface area contributed by atoms with E-state index in [0.29, 0.717) is 11.7 Å². The summed E-state index contributed by atoms with van der Waals surface area (Å²) in [6.45, 7) is 7.78. The lowest BCUT2D eigenvalue weighted by molar-refractivity contribution is -0.125. The number of anilines is 1. The van der Waals surface area contributed by atoms with Crippen molar-refractivity contribution in [3.05, 3.63) is 41.6 Å². The molecule has 0 radical (unpaired) electrons. The number of carbonyl (C=O) groups excluding carboxylic acids is 1. The SMILES string of the molecule is CC1(C)[C@@H]2CC[C@@]1(C)C(=O)/C2=C/N1CCCc2ccccc21. The largest absolute Gasteiger partial charge is 0.347 e. The maximum Gasteiger partial charge on any atom is 0.167 e. The van der Waals surface area contributed by atoms with Gasteiger partial charge >= 0.3 is 0 Å². The van der Waals surface area contributed by atoms with Gasteiger partial charge < -0.3 is 4.90 Å². The molecule has 2 fully saturated rings. The number of fused-ring (bicyclic) bond motifs is 3. The van der Waals surface area contributed by atoms with Crippen LogP contribution in [0.25, 0.3) is 0 Å². The van der Waals surface area contributed by atoms with Crippen molar-refractivity contribution in [3.8, 4) is 0 Å². The lowest BCUT2D eigenvalue weighted by Crippen LogP contribution is -2.32. The highest BCUT2D eigenvalue weighted by Crippen LogP contribution is 2.65. The summed E-state index contributed by atoms with van der Waals surface area (Å²) in [4.78, 5) is 15.3. The van der Waals surface area contributed by atoms with Gasteiger partial charge in [0.05, 0.1) is 0 Å². The number of para-hydroxylation sites is 1. The minimum atomic E-state index is -0.154. The third kappa shape index (κ3) is 1.64. The molecule has 2 nitrogen and oxygen atoms in total. The average molecular weight is 295 g/mol. The third-order valence-electron chi connectivity index (χ3n) is 6.81. The van der Waals surface area contributed by atoms with Crippen LogP contribution in [0.4, 0.5) is 5.69 Å². The van der Waals surface area contributed by atoms with Crippen LogP contribution < -0.4 is 4.90 Å². The molecule has 2 heteroatoms. The number of carbonyl (C=O) groups is 1. The summed E-state index contributed by atoms with van der Waals surface area (Å²) in [5.41, 5.74) is 3.73. The van der Waals surface area contributed by atoms with Crippen LogP contribution >= 0.6 is 0 Å². The Balaban J connectivity index is 1.75. The van der Waals surface area contributed by atoms with Crippen LogP contribution in [0.2, 0.25) is 0 Å². The van der Waals surface area contributed by atoms with Gasteiger partial charge in [0.15, 0.2) is 5.78 Å². The van der Waals surface area contributed by atoms with Gasteiger partial charge in [-0.15, -0.1) is 0 Å². The Bertz CT molecular complexity index is 672. The normalized spacial score (nSPS) is 34.3. The summed E-state index contributed by atoms with van der Waals surface area (Å²) in [6, 6.07) is 8.62. The number of nitrogens with zero attached hydrogens (tertiary/aromatic N) is 1. The van der Waals surface area contributed by atoms with Crippen LogP contribution in [0.15, 0.2) is 36.0 Å². The average Bonchev–Trinajstić information content (AvgIpc) is 2.82. The van der Waals surface area contributed by atoms with Gasteiger partial charge in [0.2, 0.25) is 0 Å². The van der Waals surface area contributed by atoms with Gasteiger partial charge in [0, 0.05) is 29.4 Å². The highest BCUT2D eigenvalue weighted by molar-refractivity contribution is 6.05. The Morgan fingerprint density at radius 2 is 2.00 bits per heavy atom. The summed E-state index contributed by atoms with van der Waals surface area (Å²) in [6.07, 6.45) is 6.72. The molecule has 4 rings (SSSR count). The van der Waals surface area contributed by atoms with E-state index in [-0.39, 0.29) is 10.8 Å². The van der Waals surface area contributed by atoms with Crippen molar-refractivity contribution in [2.45, 2.75) is 46.5 Å². The predicted molar refractivity (Wildman–Crippen MR) is 89.8 cm³/mol. The first kappa shape index (κ1) is 14.0. The second-order valence-electron chi connectivity index (χ2n) is 7.98. The smallest absolute Gasteiger partial charge is 0.167 e. The first-order valence-electron chi connectivity index (χ1n) is 8.56. The topological polar surface area (TPSA) is 20.3 Å². The molecule has 2 bridgehead atoms. The van der Waals surface area contributed by atoms with E-state index in [2.05, 4.69) is 56.1 Å². The van der Waals surface area contributed by atoms with Crippen molar-refractivity contribution < 1.29 is 4.79 Å². The first-order valence-corrected chi connectivity index (χ1v) is 8.56. The summed E-state index contributed by atoms with van der Waals surface area (Å²) in [5, 5.41) is 0. The predicted octanol–water partition coefficient (Wildman–Crippen LogP) is 4.35. The molecule has 0 unspecified atom stereocenters. The molecule has 1 aliphatic heterocycles. The van der Waals surface area contributed by atoms with Crippen molar-refractivity contribution in [2.24, 2.45) is 16.7 Å². The van der Waals surface area contributed by atoms with Crippen molar-refractivity contribution in [1.29, 1.82) is 0 Å². The van der Waals surface area contributed by atoms with E-state index in [0.717, 1.165) is 31.4 Å². The molecule has 2 atom stereocenters. The monoisotopic (exact) mass is 295 g/mol. The molecular formula is C20H25NO. The number of rotatable bonds is 1. The van der Waals surface area contributed by atoms with E-state index in [9.17, 15) is 4.79 Å². The summed E-state index contributed by atoms with van der Waals surface area (Å²) in [5.74, 6) is 0.830.